The van der Waals surface area contributed by atoms with Crippen molar-refractivity contribution in [2.24, 2.45) is 5.73 Å². The third-order valence-corrected chi connectivity index (χ3v) is 4.90. The predicted molar refractivity (Wildman–Crippen MR) is 122 cm³/mol. The van der Waals surface area contributed by atoms with Gasteiger partial charge in [-0.05, 0) is 26.0 Å². The molecule has 9 heteroatoms. The molecule has 30 heavy (non-hydrogen) atoms. The van der Waals surface area contributed by atoms with E-state index in [4.69, 9.17) is 43.1 Å². The molecule has 1 heterocycles. The van der Waals surface area contributed by atoms with Crippen LogP contribution in [0.5, 0.6) is 11.5 Å². The molecule has 0 aliphatic rings. The summed E-state index contributed by atoms with van der Waals surface area (Å²) in [6, 6.07) is 3.57. The van der Waals surface area contributed by atoms with Crippen molar-refractivity contribution in [1.82, 2.24) is 9.97 Å². The molecule has 3 N–H and O–H groups in total. The van der Waals surface area contributed by atoms with Crippen LogP contribution in [0.2, 0.25) is 0 Å². The molecule has 0 radical (unpaired) electrons. The van der Waals surface area contributed by atoms with Gasteiger partial charge in [0.2, 0.25) is 0 Å². The number of nitrogens with zero attached hydrogens (tertiary/aromatic N) is 2. The minimum Gasteiger partial charge on any atom is -0.493 e. The molecule has 0 saturated carbocycles. The van der Waals surface area contributed by atoms with Crippen LogP contribution >= 0.6 is 23.2 Å². The lowest BCUT2D eigenvalue weighted by molar-refractivity contribution is 0.0330. The highest BCUT2D eigenvalue weighted by Gasteiger charge is 2.14. The second-order valence-corrected chi connectivity index (χ2v) is 6.96. The summed E-state index contributed by atoms with van der Waals surface area (Å²) in [4.78, 5) is 8.63. The van der Waals surface area contributed by atoms with Gasteiger partial charge >= 0.3 is 0 Å². The number of hydrogen-bond donors (Lipinski definition) is 2. The van der Waals surface area contributed by atoms with E-state index in [1.54, 1.807) is 38.3 Å². The van der Waals surface area contributed by atoms with Crippen molar-refractivity contribution in [1.29, 1.82) is 0 Å². The van der Waals surface area contributed by atoms with Crippen molar-refractivity contribution in [3.05, 3.63) is 53.0 Å². The fourth-order valence-electron chi connectivity index (χ4n) is 2.59. The third kappa shape index (κ3) is 6.34. The minimum atomic E-state index is -0.207. The topological polar surface area (TPSA) is 91.5 Å². The van der Waals surface area contributed by atoms with E-state index in [-0.39, 0.29) is 6.10 Å². The SMILES string of the molecule is C=C(/C=C(Cl)\C(Cl)=C/C)Nc1ncnc2cc(OCC(CN)OCC)c(OC)cc12. The highest BCUT2D eigenvalue weighted by atomic mass is 35.5. The lowest BCUT2D eigenvalue weighted by atomic mass is 10.2. The molecule has 0 saturated heterocycles. The average Bonchev–Trinajstić information content (AvgIpc) is 2.75. The summed E-state index contributed by atoms with van der Waals surface area (Å²) in [6.07, 6.45) is 4.55. The Labute approximate surface area is 186 Å². The van der Waals surface area contributed by atoms with E-state index in [9.17, 15) is 0 Å². The molecular weight excluding hydrogens is 427 g/mol. The molecule has 1 atom stereocenters. The Balaban J connectivity index is 2.31. The number of methoxy groups -OCH3 is 1. The van der Waals surface area contributed by atoms with Crippen LogP contribution in [0.3, 0.4) is 0 Å². The lowest BCUT2D eigenvalue weighted by Gasteiger charge is -2.18. The fourth-order valence-corrected chi connectivity index (χ4v) is 2.88. The van der Waals surface area contributed by atoms with Crippen LogP contribution < -0.4 is 20.5 Å². The minimum absolute atomic E-state index is 0.207. The van der Waals surface area contributed by atoms with Gasteiger partial charge in [-0.1, -0.05) is 35.9 Å². The Morgan fingerprint density at radius 1 is 1.27 bits per heavy atom. The first-order chi connectivity index (χ1) is 14.4. The van der Waals surface area contributed by atoms with Gasteiger partial charge in [-0.15, -0.1) is 0 Å². The molecule has 0 bridgehead atoms. The Hall–Kier alpha value is -2.32. The zero-order valence-electron chi connectivity index (χ0n) is 17.2. The normalized spacial score (nSPS) is 13.3. The first kappa shape index (κ1) is 24.0. The molecule has 2 rings (SSSR count). The molecule has 0 fully saturated rings. The number of fused-ring (bicyclic) bond motifs is 1. The average molecular weight is 453 g/mol. The van der Waals surface area contributed by atoms with Crippen molar-refractivity contribution in [3.8, 4) is 11.5 Å². The molecule has 0 spiro atoms. The Morgan fingerprint density at radius 3 is 2.67 bits per heavy atom. The monoisotopic (exact) mass is 452 g/mol. The second kappa shape index (κ2) is 11.8. The molecule has 7 nitrogen and oxygen atoms in total. The van der Waals surface area contributed by atoms with Gasteiger partial charge in [0, 0.05) is 30.3 Å². The molecule has 0 aliphatic heterocycles. The zero-order chi connectivity index (χ0) is 22.1. The number of nitrogens with two attached hydrogens (primary N) is 1. The molecule has 0 aliphatic carbocycles. The summed E-state index contributed by atoms with van der Waals surface area (Å²) in [7, 11) is 1.56. The Morgan fingerprint density at radius 2 is 2.03 bits per heavy atom. The van der Waals surface area contributed by atoms with Gasteiger partial charge in [0.1, 0.15) is 24.9 Å². The van der Waals surface area contributed by atoms with Crippen molar-refractivity contribution >= 4 is 39.9 Å². The maximum Gasteiger partial charge on any atom is 0.163 e. The molecule has 1 aromatic carbocycles. The van der Waals surface area contributed by atoms with Crippen LogP contribution in [0.15, 0.2) is 53.0 Å². The summed E-state index contributed by atoms with van der Waals surface area (Å²) in [6.45, 7) is 8.87. The van der Waals surface area contributed by atoms with Gasteiger partial charge in [-0.25, -0.2) is 9.97 Å². The van der Waals surface area contributed by atoms with Crippen molar-refractivity contribution in [3.63, 3.8) is 0 Å². The lowest BCUT2D eigenvalue weighted by Crippen LogP contribution is -2.30. The number of ether oxygens (including phenoxy) is 3. The number of aromatic nitrogens is 2. The van der Waals surface area contributed by atoms with Crippen LogP contribution in [0.1, 0.15) is 13.8 Å². The van der Waals surface area contributed by atoms with Crippen molar-refractivity contribution in [2.75, 3.05) is 32.2 Å². The number of anilines is 1. The highest BCUT2D eigenvalue weighted by Crippen LogP contribution is 2.34. The van der Waals surface area contributed by atoms with Gasteiger partial charge < -0.3 is 25.3 Å². The van der Waals surface area contributed by atoms with E-state index in [0.717, 1.165) is 5.39 Å². The number of allylic oxidation sites excluding steroid dienone is 4. The number of halogens is 2. The number of benzene rings is 1. The van der Waals surface area contributed by atoms with Gasteiger partial charge in [0.25, 0.3) is 0 Å². The van der Waals surface area contributed by atoms with Crippen LogP contribution in [0.25, 0.3) is 10.9 Å². The summed E-state index contributed by atoms with van der Waals surface area (Å²) in [5.74, 6) is 1.61. The van der Waals surface area contributed by atoms with Crippen LogP contribution in [0, 0.1) is 0 Å². The standard InChI is InChI=1S/C21H26Cl2N4O3/c1-5-16(22)17(23)7-13(3)27-21-15-8-19(28-4)20(9-18(15)25-12-26-21)30-11-14(10-24)29-6-2/h5,7-9,12,14H,3,6,10-11,24H2,1-2,4H3,(H,25,26,27)/b16-5+,17-7+. The maximum absolute atomic E-state index is 6.15. The molecule has 2 aromatic rings. The third-order valence-electron chi connectivity index (χ3n) is 4.07. The first-order valence-corrected chi connectivity index (χ1v) is 10.1. The predicted octanol–water partition coefficient (Wildman–Crippen LogP) is 4.57. The molecular formula is C21H26Cl2N4O3. The van der Waals surface area contributed by atoms with Gasteiger partial charge in [0.05, 0.1) is 22.7 Å². The first-order valence-electron chi connectivity index (χ1n) is 9.35. The fraction of sp³-hybridized carbons (Fsp3) is 0.333. The van der Waals surface area contributed by atoms with E-state index >= 15 is 0 Å². The largest absolute Gasteiger partial charge is 0.493 e. The molecule has 1 unspecified atom stereocenters. The number of nitrogens with one attached hydrogen (secondary N) is 1. The van der Waals surface area contributed by atoms with Gasteiger partial charge in [-0.3, -0.25) is 0 Å². The molecule has 0 amide bonds. The zero-order valence-corrected chi connectivity index (χ0v) is 18.8. The molecule has 162 valence electrons. The van der Waals surface area contributed by atoms with E-state index in [2.05, 4.69) is 21.9 Å². The van der Waals surface area contributed by atoms with Crippen LogP contribution in [-0.4, -0.2) is 42.9 Å². The van der Waals surface area contributed by atoms with Crippen LogP contribution in [-0.2, 0) is 4.74 Å². The Bertz CT molecular complexity index is 947. The summed E-state index contributed by atoms with van der Waals surface area (Å²) in [5, 5.41) is 4.64. The summed E-state index contributed by atoms with van der Waals surface area (Å²) in [5.41, 5.74) is 6.89. The van der Waals surface area contributed by atoms with Gasteiger partial charge in [-0.2, -0.15) is 0 Å². The van der Waals surface area contributed by atoms with E-state index < -0.39 is 0 Å². The summed E-state index contributed by atoms with van der Waals surface area (Å²) < 4.78 is 16.9. The smallest absolute Gasteiger partial charge is 0.163 e. The van der Waals surface area contributed by atoms with Gasteiger partial charge in [0.15, 0.2) is 11.5 Å². The van der Waals surface area contributed by atoms with Crippen molar-refractivity contribution < 1.29 is 14.2 Å². The molecule has 1 aromatic heterocycles. The number of rotatable bonds is 11. The van der Waals surface area contributed by atoms with E-state index in [0.29, 0.717) is 58.4 Å². The van der Waals surface area contributed by atoms with Crippen LogP contribution in [0.4, 0.5) is 5.82 Å². The Kier molecular flexibility index (Phi) is 9.39. The second-order valence-electron chi connectivity index (χ2n) is 6.15. The summed E-state index contributed by atoms with van der Waals surface area (Å²) >= 11 is 12.2. The highest BCUT2D eigenvalue weighted by molar-refractivity contribution is 6.44. The maximum atomic E-state index is 6.15. The van der Waals surface area contributed by atoms with E-state index in [1.165, 1.54) is 6.33 Å². The quantitative estimate of drug-likeness (QED) is 0.482. The number of hydrogen-bond acceptors (Lipinski definition) is 7. The van der Waals surface area contributed by atoms with E-state index in [1.807, 2.05) is 6.92 Å². The van der Waals surface area contributed by atoms with Crippen molar-refractivity contribution in [2.45, 2.75) is 20.0 Å².